The minimum absolute atomic E-state index is 0.736. The number of nitrogens with zero attached hydrogens (tertiary/aromatic N) is 5. The van der Waals surface area contributed by atoms with Gasteiger partial charge < -0.3 is 4.57 Å². The van der Waals surface area contributed by atoms with E-state index in [4.69, 9.17) is 0 Å². The van der Waals surface area contributed by atoms with Gasteiger partial charge in [0.2, 0.25) is 0 Å². The highest BCUT2D eigenvalue weighted by Gasteiger charge is 2.01. The van der Waals surface area contributed by atoms with Gasteiger partial charge in [-0.25, -0.2) is 4.98 Å². The summed E-state index contributed by atoms with van der Waals surface area (Å²) in [7, 11) is 1.86. The molecule has 2 rings (SSSR count). The summed E-state index contributed by atoms with van der Waals surface area (Å²) in [6, 6.07) is 0. The van der Waals surface area contributed by atoms with E-state index in [9.17, 15) is 0 Å². The summed E-state index contributed by atoms with van der Waals surface area (Å²) in [6.45, 7) is 2.70. The standard InChI is InChI=1S/C8H11N5/c1-7-9-3-4-13(7)6-8-5-12(2)11-10-8/h3-5H,6H2,1-2H3. The van der Waals surface area contributed by atoms with Crippen molar-refractivity contribution >= 4 is 0 Å². The lowest BCUT2D eigenvalue weighted by Gasteiger charge is -1.99. The first-order valence-electron chi connectivity index (χ1n) is 4.08. The molecule has 2 heterocycles. The van der Waals surface area contributed by atoms with E-state index in [1.807, 2.05) is 30.9 Å². The fourth-order valence-corrected chi connectivity index (χ4v) is 1.21. The molecule has 0 N–H and O–H groups in total. The third-order valence-corrected chi connectivity index (χ3v) is 1.91. The monoisotopic (exact) mass is 177 g/mol. The van der Waals surface area contributed by atoms with Crippen molar-refractivity contribution < 1.29 is 0 Å². The molecular weight excluding hydrogens is 166 g/mol. The van der Waals surface area contributed by atoms with Gasteiger partial charge in [0.05, 0.1) is 6.54 Å². The third kappa shape index (κ3) is 1.58. The van der Waals surface area contributed by atoms with Crippen LogP contribution in [0.1, 0.15) is 11.5 Å². The van der Waals surface area contributed by atoms with Gasteiger partial charge in [0.25, 0.3) is 0 Å². The molecule has 0 bridgehead atoms. The van der Waals surface area contributed by atoms with Crippen molar-refractivity contribution in [2.45, 2.75) is 13.5 Å². The van der Waals surface area contributed by atoms with Crippen LogP contribution in [0.5, 0.6) is 0 Å². The van der Waals surface area contributed by atoms with Crippen LogP contribution in [0.15, 0.2) is 18.6 Å². The molecule has 0 aliphatic carbocycles. The Bertz CT molecular complexity index is 400. The van der Waals surface area contributed by atoms with Crippen LogP contribution in [0.2, 0.25) is 0 Å². The van der Waals surface area contributed by atoms with Crippen LogP contribution in [-0.2, 0) is 13.6 Å². The van der Waals surface area contributed by atoms with Crippen LogP contribution in [0.3, 0.4) is 0 Å². The Balaban J connectivity index is 2.19. The fourth-order valence-electron chi connectivity index (χ4n) is 1.21. The molecule has 0 unspecified atom stereocenters. The van der Waals surface area contributed by atoms with Gasteiger partial charge in [-0.2, -0.15) is 0 Å². The predicted molar refractivity (Wildman–Crippen MR) is 47.1 cm³/mol. The van der Waals surface area contributed by atoms with Crippen LogP contribution >= 0.6 is 0 Å². The normalized spacial score (nSPS) is 10.6. The topological polar surface area (TPSA) is 48.5 Å². The van der Waals surface area contributed by atoms with Crippen molar-refractivity contribution in [1.82, 2.24) is 24.5 Å². The molecule has 0 aliphatic heterocycles. The van der Waals surface area contributed by atoms with Gasteiger partial charge in [0.15, 0.2) is 0 Å². The van der Waals surface area contributed by atoms with Crippen molar-refractivity contribution in [2.24, 2.45) is 7.05 Å². The summed E-state index contributed by atoms with van der Waals surface area (Å²) in [6.07, 6.45) is 5.62. The molecule has 0 aromatic carbocycles. The molecule has 5 nitrogen and oxygen atoms in total. The number of hydrogen-bond acceptors (Lipinski definition) is 3. The van der Waals surface area contributed by atoms with Gasteiger partial charge >= 0.3 is 0 Å². The quantitative estimate of drug-likeness (QED) is 0.665. The first-order chi connectivity index (χ1) is 6.25. The van der Waals surface area contributed by atoms with Crippen LogP contribution in [-0.4, -0.2) is 24.5 Å². The Morgan fingerprint density at radius 1 is 1.46 bits per heavy atom. The molecule has 0 aliphatic rings. The minimum atomic E-state index is 0.736. The first-order valence-corrected chi connectivity index (χ1v) is 4.08. The van der Waals surface area contributed by atoms with E-state index < -0.39 is 0 Å². The van der Waals surface area contributed by atoms with Gasteiger partial charge in [-0.3, -0.25) is 4.68 Å². The zero-order valence-corrected chi connectivity index (χ0v) is 7.68. The fraction of sp³-hybridized carbons (Fsp3) is 0.375. The predicted octanol–water partition coefficient (Wildman–Crippen LogP) is 0.368. The van der Waals surface area contributed by atoms with Gasteiger partial charge in [-0.1, -0.05) is 5.21 Å². The van der Waals surface area contributed by atoms with E-state index in [2.05, 4.69) is 15.3 Å². The highest BCUT2D eigenvalue weighted by Crippen LogP contribution is 2.00. The molecule has 0 saturated carbocycles. The van der Waals surface area contributed by atoms with Crippen molar-refractivity contribution in [1.29, 1.82) is 0 Å². The number of aromatic nitrogens is 5. The summed E-state index contributed by atoms with van der Waals surface area (Å²) < 4.78 is 3.73. The van der Waals surface area contributed by atoms with Crippen molar-refractivity contribution in [3.05, 3.63) is 30.1 Å². The molecule has 0 saturated heterocycles. The Hall–Kier alpha value is -1.65. The van der Waals surface area contributed by atoms with E-state index >= 15 is 0 Å². The zero-order chi connectivity index (χ0) is 9.26. The maximum atomic E-state index is 4.13. The van der Waals surface area contributed by atoms with Crippen LogP contribution in [0.4, 0.5) is 0 Å². The largest absolute Gasteiger partial charge is 0.329 e. The zero-order valence-electron chi connectivity index (χ0n) is 7.68. The molecular formula is C8H11N5. The average Bonchev–Trinajstić information content (AvgIpc) is 2.64. The SMILES string of the molecule is Cc1nccn1Cc1cn(C)nn1. The van der Waals surface area contributed by atoms with Crippen molar-refractivity contribution in [3.8, 4) is 0 Å². The molecule has 2 aromatic heterocycles. The molecule has 0 fully saturated rings. The highest BCUT2D eigenvalue weighted by molar-refractivity contribution is 4.98. The van der Waals surface area contributed by atoms with Crippen LogP contribution < -0.4 is 0 Å². The van der Waals surface area contributed by atoms with E-state index in [-0.39, 0.29) is 0 Å². The molecule has 0 atom stereocenters. The molecule has 0 amide bonds. The van der Waals surface area contributed by atoms with Gasteiger partial charge in [0.1, 0.15) is 11.5 Å². The second-order valence-corrected chi connectivity index (χ2v) is 2.99. The summed E-state index contributed by atoms with van der Waals surface area (Å²) in [4.78, 5) is 4.13. The first kappa shape index (κ1) is 7.97. The summed E-state index contributed by atoms with van der Waals surface area (Å²) >= 11 is 0. The number of rotatable bonds is 2. The Labute approximate surface area is 76.0 Å². The lowest BCUT2D eigenvalue weighted by Crippen LogP contribution is -2.00. The second-order valence-electron chi connectivity index (χ2n) is 2.99. The number of aryl methyl sites for hydroxylation is 2. The molecule has 68 valence electrons. The van der Waals surface area contributed by atoms with Gasteiger partial charge in [-0.05, 0) is 6.92 Å². The van der Waals surface area contributed by atoms with E-state index in [0.717, 1.165) is 18.1 Å². The Morgan fingerprint density at radius 2 is 2.31 bits per heavy atom. The Morgan fingerprint density at radius 3 is 2.85 bits per heavy atom. The average molecular weight is 177 g/mol. The van der Waals surface area contributed by atoms with Gasteiger partial charge in [-0.15, -0.1) is 5.10 Å². The highest BCUT2D eigenvalue weighted by atomic mass is 15.4. The van der Waals surface area contributed by atoms with Crippen LogP contribution in [0, 0.1) is 6.92 Å². The minimum Gasteiger partial charge on any atom is -0.329 e. The van der Waals surface area contributed by atoms with E-state index in [1.165, 1.54) is 0 Å². The Kier molecular flexibility index (Phi) is 1.84. The number of hydrogen-bond donors (Lipinski definition) is 0. The molecule has 0 spiro atoms. The van der Waals surface area contributed by atoms with Crippen molar-refractivity contribution in [2.75, 3.05) is 0 Å². The summed E-state index contributed by atoms with van der Waals surface area (Å²) in [5, 5.41) is 7.86. The van der Waals surface area contributed by atoms with Crippen molar-refractivity contribution in [3.63, 3.8) is 0 Å². The van der Waals surface area contributed by atoms with Gasteiger partial charge in [0, 0.05) is 25.6 Å². The molecule has 2 aromatic rings. The maximum Gasteiger partial charge on any atom is 0.105 e. The smallest absolute Gasteiger partial charge is 0.105 e. The van der Waals surface area contributed by atoms with Crippen LogP contribution in [0.25, 0.3) is 0 Å². The molecule has 5 heteroatoms. The molecule has 0 radical (unpaired) electrons. The number of imidazole rings is 1. The summed E-state index contributed by atoms with van der Waals surface area (Å²) in [5.41, 5.74) is 0.948. The van der Waals surface area contributed by atoms with E-state index in [0.29, 0.717) is 0 Å². The van der Waals surface area contributed by atoms with E-state index in [1.54, 1.807) is 10.9 Å². The second kappa shape index (κ2) is 3.01. The third-order valence-electron chi connectivity index (χ3n) is 1.91. The lowest BCUT2D eigenvalue weighted by atomic mass is 10.4. The lowest BCUT2D eigenvalue weighted by molar-refractivity contribution is 0.706. The maximum absolute atomic E-state index is 4.13. The molecule has 13 heavy (non-hydrogen) atoms. The summed E-state index contributed by atoms with van der Waals surface area (Å²) in [5.74, 6) is 0.991.